The van der Waals surface area contributed by atoms with Crippen LogP contribution in [0.5, 0.6) is 0 Å². The Morgan fingerprint density at radius 1 is 1.50 bits per heavy atom. The molecule has 3 nitrogen and oxygen atoms in total. The molecule has 0 bridgehead atoms. The lowest BCUT2D eigenvalue weighted by molar-refractivity contribution is 0.767. The topological polar surface area (TPSA) is 43.3 Å². The number of nitrogens with zero attached hydrogens (tertiary/aromatic N) is 2. The summed E-state index contributed by atoms with van der Waals surface area (Å²) in [7, 11) is 0. The molecule has 0 aliphatic heterocycles. The van der Waals surface area contributed by atoms with E-state index >= 15 is 0 Å². The molecule has 2 N–H and O–H groups in total. The average Bonchev–Trinajstić information content (AvgIpc) is 2.59. The highest BCUT2D eigenvalue weighted by molar-refractivity contribution is 5.52. The SMILES string of the molecule is Cc1ncn2cc(C(C)CN)ccc12. The molecule has 2 heterocycles. The molecular formula is C11H15N3. The predicted octanol–water partition coefficient (Wildman–Crippen LogP) is 1.70. The van der Waals surface area contributed by atoms with Crippen molar-refractivity contribution in [1.82, 2.24) is 9.38 Å². The molecule has 2 aromatic rings. The van der Waals surface area contributed by atoms with Gasteiger partial charge in [0.2, 0.25) is 0 Å². The number of pyridine rings is 1. The largest absolute Gasteiger partial charge is 0.330 e. The minimum atomic E-state index is 0.405. The third-order valence-corrected chi connectivity index (χ3v) is 2.67. The van der Waals surface area contributed by atoms with E-state index in [1.54, 1.807) is 0 Å². The molecule has 0 radical (unpaired) electrons. The molecule has 2 aromatic heterocycles. The van der Waals surface area contributed by atoms with Crippen LogP contribution < -0.4 is 5.73 Å². The molecule has 0 saturated carbocycles. The molecule has 0 aromatic carbocycles. The summed E-state index contributed by atoms with van der Waals surface area (Å²) < 4.78 is 2.05. The van der Waals surface area contributed by atoms with Gasteiger partial charge in [-0.2, -0.15) is 0 Å². The second-order valence-electron chi connectivity index (χ2n) is 3.72. The average molecular weight is 189 g/mol. The van der Waals surface area contributed by atoms with Crippen molar-refractivity contribution in [3.8, 4) is 0 Å². The van der Waals surface area contributed by atoms with Gasteiger partial charge in [-0.25, -0.2) is 4.98 Å². The Morgan fingerprint density at radius 2 is 2.29 bits per heavy atom. The number of aryl methyl sites for hydroxylation is 1. The van der Waals surface area contributed by atoms with Crippen LogP contribution in [0.2, 0.25) is 0 Å². The van der Waals surface area contributed by atoms with Crippen molar-refractivity contribution in [3.05, 3.63) is 35.9 Å². The smallest absolute Gasteiger partial charge is 0.0995 e. The first-order valence-corrected chi connectivity index (χ1v) is 4.85. The van der Waals surface area contributed by atoms with Gasteiger partial charge in [0.1, 0.15) is 0 Å². The standard InChI is InChI=1S/C11H15N3/c1-8(5-12)10-3-4-11-9(2)13-7-14(11)6-10/h3-4,6-8H,5,12H2,1-2H3. The predicted molar refractivity (Wildman–Crippen MR) is 57.4 cm³/mol. The lowest BCUT2D eigenvalue weighted by atomic mass is 10.0. The maximum atomic E-state index is 5.63. The van der Waals surface area contributed by atoms with Crippen LogP contribution in [0, 0.1) is 6.92 Å². The minimum Gasteiger partial charge on any atom is -0.330 e. The van der Waals surface area contributed by atoms with E-state index < -0.39 is 0 Å². The fourth-order valence-corrected chi connectivity index (χ4v) is 1.58. The number of nitrogens with two attached hydrogens (primary N) is 1. The van der Waals surface area contributed by atoms with Gasteiger partial charge in [0.15, 0.2) is 0 Å². The van der Waals surface area contributed by atoms with Crippen LogP contribution in [0.25, 0.3) is 5.52 Å². The molecule has 0 aliphatic rings. The molecule has 0 aliphatic carbocycles. The number of hydrogen-bond donors (Lipinski definition) is 1. The molecule has 0 fully saturated rings. The van der Waals surface area contributed by atoms with E-state index in [4.69, 9.17) is 5.73 Å². The minimum absolute atomic E-state index is 0.405. The first-order chi connectivity index (χ1) is 6.72. The molecule has 3 heteroatoms. The van der Waals surface area contributed by atoms with Crippen molar-refractivity contribution >= 4 is 5.52 Å². The van der Waals surface area contributed by atoms with Crippen LogP contribution in [0.4, 0.5) is 0 Å². The van der Waals surface area contributed by atoms with Gasteiger partial charge >= 0.3 is 0 Å². The number of hydrogen-bond acceptors (Lipinski definition) is 2. The summed E-state index contributed by atoms with van der Waals surface area (Å²) in [6.45, 7) is 4.82. The van der Waals surface area contributed by atoms with Gasteiger partial charge in [-0.3, -0.25) is 0 Å². The molecule has 1 atom stereocenters. The molecule has 0 spiro atoms. The Morgan fingerprint density at radius 3 is 3.00 bits per heavy atom. The van der Waals surface area contributed by atoms with E-state index in [2.05, 4.69) is 34.6 Å². The van der Waals surface area contributed by atoms with Crippen molar-refractivity contribution in [2.75, 3.05) is 6.54 Å². The molecule has 0 saturated heterocycles. The number of aromatic nitrogens is 2. The Balaban J connectivity index is 2.52. The van der Waals surface area contributed by atoms with E-state index in [9.17, 15) is 0 Å². The van der Waals surface area contributed by atoms with Crippen LogP contribution in [0.1, 0.15) is 24.1 Å². The van der Waals surface area contributed by atoms with Gasteiger partial charge in [-0.15, -0.1) is 0 Å². The summed E-state index contributed by atoms with van der Waals surface area (Å²) in [4.78, 5) is 4.25. The highest BCUT2D eigenvalue weighted by Crippen LogP contribution is 2.16. The zero-order valence-corrected chi connectivity index (χ0v) is 8.57. The lowest BCUT2D eigenvalue weighted by Crippen LogP contribution is -2.09. The Bertz CT molecular complexity index is 445. The molecule has 1 unspecified atom stereocenters. The Kier molecular flexibility index (Phi) is 2.25. The van der Waals surface area contributed by atoms with Crippen LogP contribution in [0.3, 0.4) is 0 Å². The second kappa shape index (κ2) is 3.42. The van der Waals surface area contributed by atoms with Gasteiger partial charge in [-0.05, 0) is 31.0 Å². The Labute approximate surface area is 83.6 Å². The van der Waals surface area contributed by atoms with Crippen LogP contribution >= 0.6 is 0 Å². The monoisotopic (exact) mass is 189 g/mol. The molecule has 0 amide bonds. The summed E-state index contributed by atoms with van der Waals surface area (Å²) >= 11 is 0. The quantitative estimate of drug-likeness (QED) is 0.781. The first-order valence-electron chi connectivity index (χ1n) is 4.85. The highest BCUT2D eigenvalue weighted by Gasteiger charge is 2.05. The van der Waals surface area contributed by atoms with Crippen LogP contribution in [0.15, 0.2) is 24.7 Å². The highest BCUT2D eigenvalue weighted by atomic mass is 15.0. The van der Waals surface area contributed by atoms with Gasteiger partial charge in [0.05, 0.1) is 17.5 Å². The molecular weight excluding hydrogens is 174 g/mol. The van der Waals surface area contributed by atoms with Crippen molar-refractivity contribution in [3.63, 3.8) is 0 Å². The third kappa shape index (κ3) is 1.40. The van der Waals surface area contributed by atoms with Gasteiger partial charge in [0.25, 0.3) is 0 Å². The lowest BCUT2D eigenvalue weighted by Gasteiger charge is -2.08. The second-order valence-corrected chi connectivity index (χ2v) is 3.72. The number of imidazole rings is 1. The van der Waals surface area contributed by atoms with E-state index in [1.807, 2.05) is 13.3 Å². The van der Waals surface area contributed by atoms with E-state index in [1.165, 1.54) is 5.56 Å². The van der Waals surface area contributed by atoms with Crippen molar-refractivity contribution in [1.29, 1.82) is 0 Å². The molecule has 14 heavy (non-hydrogen) atoms. The van der Waals surface area contributed by atoms with E-state index in [0.717, 1.165) is 11.2 Å². The van der Waals surface area contributed by atoms with Crippen LogP contribution in [-0.4, -0.2) is 15.9 Å². The van der Waals surface area contributed by atoms with Gasteiger partial charge in [0, 0.05) is 6.20 Å². The number of fused-ring (bicyclic) bond motifs is 1. The summed E-state index contributed by atoms with van der Waals surface area (Å²) in [5, 5.41) is 0. The fraction of sp³-hybridized carbons (Fsp3) is 0.364. The summed E-state index contributed by atoms with van der Waals surface area (Å²) in [6.07, 6.45) is 3.95. The van der Waals surface area contributed by atoms with Gasteiger partial charge in [-0.1, -0.05) is 13.0 Å². The summed E-state index contributed by atoms with van der Waals surface area (Å²) in [5.41, 5.74) is 9.12. The Hall–Kier alpha value is -1.35. The summed E-state index contributed by atoms with van der Waals surface area (Å²) in [5.74, 6) is 0.405. The third-order valence-electron chi connectivity index (χ3n) is 2.67. The molecule has 2 rings (SSSR count). The van der Waals surface area contributed by atoms with Crippen molar-refractivity contribution < 1.29 is 0 Å². The zero-order valence-electron chi connectivity index (χ0n) is 8.57. The van der Waals surface area contributed by atoms with Crippen molar-refractivity contribution in [2.24, 2.45) is 5.73 Å². The van der Waals surface area contributed by atoms with Gasteiger partial charge < -0.3 is 10.1 Å². The normalized spacial score (nSPS) is 13.4. The fourth-order valence-electron chi connectivity index (χ4n) is 1.58. The number of rotatable bonds is 2. The molecule has 74 valence electrons. The zero-order chi connectivity index (χ0) is 10.1. The summed E-state index contributed by atoms with van der Waals surface area (Å²) in [6, 6.07) is 4.23. The van der Waals surface area contributed by atoms with Crippen molar-refractivity contribution in [2.45, 2.75) is 19.8 Å². The van der Waals surface area contributed by atoms with Crippen LogP contribution in [-0.2, 0) is 0 Å². The van der Waals surface area contributed by atoms with E-state index in [-0.39, 0.29) is 0 Å². The van der Waals surface area contributed by atoms with E-state index in [0.29, 0.717) is 12.5 Å². The maximum absolute atomic E-state index is 5.63. The first kappa shape index (κ1) is 9.21. The maximum Gasteiger partial charge on any atom is 0.0995 e.